The maximum Gasteiger partial charge on any atom is 0.296 e. The van der Waals surface area contributed by atoms with Crippen molar-refractivity contribution in [2.75, 3.05) is 13.2 Å². The van der Waals surface area contributed by atoms with Crippen molar-refractivity contribution < 1.29 is 19.4 Å². The van der Waals surface area contributed by atoms with Gasteiger partial charge in [0, 0.05) is 26.9 Å². The van der Waals surface area contributed by atoms with E-state index < -0.39 is 17.1 Å². The molecule has 0 saturated carbocycles. The zero-order valence-corrected chi connectivity index (χ0v) is 17.6. The van der Waals surface area contributed by atoms with E-state index in [0.717, 1.165) is 12.0 Å². The summed E-state index contributed by atoms with van der Waals surface area (Å²) in [5.41, 5.74) is -0.0549. The third-order valence-corrected chi connectivity index (χ3v) is 5.41. The molecule has 0 spiro atoms. The number of nitrogens with zero attached hydrogens (tertiary/aromatic N) is 3. The Morgan fingerprint density at radius 2 is 2.03 bits per heavy atom. The first-order chi connectivity index (χ1) is 14.3. The molecule has 1 aliphatic rings. The lowest BCUT2D eigenvalue weighted by molar-refractivity contribution is -0.129. The van der Waals surface area contributed by atoms with E-state index in [0.29, 0.717) is 37.6 Å². The highest BCUT2D eigenvalue weighted by Gasteiger charge is 2.32. The van der Waals surface area contributed by atoms with Gasteiger partial charge in [0.15, 0.2) is 11.5 Å². The molecule has 1 aromatic carbocycles. The van der Waals surface area contributed by atoms with Gasteiger partial charge in [-0.2, -0.15) is 0 Å². The van der Waals surface area contributed by atoms with E-state index in [9.17, 15) is 19.5 Å². The monoisotopic (exact) mass is 413 g/mol. The minimum atomic E-state index is -0.687. The third kappa shape index (κ3) is 4.22. The summed E-state index contributed by atoms with van der Waals surface area (Å²) in [7, 11) is 1.49. The second-order valence-electron chi connectivity index (χ2n) is 7.37. The summed E-state index contributed by atoms with van der Waals surface area (Å²) in [6, 6.07) is 7.06. The average Bonchev–Trinajstić information content (AvgIpc) is 3.21. The van der Waals surface area contributed by atoms with Gasteiger partial charge in [0.1, 0.15) is 11.6 Å². The molecule has 2 heterocycles. The number of ether oxygens (including phenoxy) is 1. The third-order valence-electron chi connectivity index (χ3n) is 5.41. The summed E-state index contributed by atoms with van der Waals surface area (Å²) in [5, 5.41) is 10.3. The van der Waals surface area contributed by atoms with E-state index in [1.165, 1.54) is 18.5 Å². The molecule has 0 radical (unpaired) electrons. The molecule has 1 aromatic heterocycles. The SMILES string of the molecule is CCOc1ccccc1CCC(=O)c1nc(C2CCCN2C(C)=O)n(C)c(=O)c1O. The van der Waals surface area contributed by atoms with Crippen molar-refractivity contribution in [3.63, 3.8) is 0 Å². The standard InChI is InChI=1S/C22H27N3O5/c1-4-30-18-10-6-5-8-15(18)11-12-17(27)19-20(28)22(29)24(3)21(23-19)16-9-7-13-25(16)14(2)26/h5-6,8,10,16,28H,4,7,9,11-13H2,1-3H3. The van der Waals surface area contributed by atoms with Crippen LogP contribution in [0.1, 0.15) is 61.0 Å². The van der Waals surface area contributed by atoms with E-state index in [1.54, 1.807) is 4.90 Å². The first kappa shape index (κ1) is 21.5. The molecular weight excluding hydrogens is 386 g/mol. The fourth-order valence-corrected chi connectivity index (χ4v) is 3.88. The highest BCUT2D eigenvalue weighted by Crippen LogP contribution is 2.31. The maximum atomic E-state index is 12.9. The first-order valence-electron chi connectivity index (χ1n) is 10.2. The molecule has 8 nitrogen and oxygen atoms in total. The fourth-order valence-electron chi connectivity index (χ4n) is 3.88. The Morgan fingerprint density at radius 1 is 1.30 bits per heavy atom. The highest BCUT2D eigenvalue weighted by molar-refractivity contribution is 5.96. The number of aromatic hydroxyl groups is 1. The summed E-state index contributed by atoms with van der Waals surface area (Å²) in [5.74, 6) is -0.164. The summed E-state index contributed by atoms with van der Waals surface area (Å²) in [6.07, 6.45) is 1.90. The van der Waals surface area contributed by atoms with Crippen LogP contribution < -0.4 is 10.3 Å². The first-order valence-corrected chi connectivity index (χ1v) is 10.2. The van der Waals surface area contributed by atoms with Crippen LogP contribution in [0.3, 0.4) is 0 Å². The van der Waals surface area contributed by atoms with Crippen LogP contribution in [0.15, 0.2) is 29.1 Å². The van der Waals surface area contributed by atoms with Crippen LogP contribution in [0, 0.1) is 0 Å². The van der Waals surface area contributed by atoms with Gasteiger partial charge in [-0.15, -0.1) is 0 Å². The Hall–Kier alpha value is -3.16. The number of amides is 1. The van der Waals surface area contributed by atoms with Gasteiger partial charge >= 0.3 is 0 Å². The van der Waals surface area contributed by atoms with Crippen molar-refractivity contribution in [2.24, 2.45) is 7.05 Å². The number of aromatic nitrogens is 2. The van der Waals surface area contributed by atoms with Gasteiger partial charge in [0.25, 0.3) is 5.56 Å². The number of hydrogen-bond donors (Lipinski definition) is 1. The summed E-state index contributed by atoms with van der Waals surface area (Å²) in [4.78, 5) is 43.4. The summed E-state index contributed by atoms with van der Waals surface area (Å²) in [6.45, 7) is 4.45. The van der Waals surface area contributed by atoms with Gasteiger partial charge in [-0.25, -0.2) is 4.98 Å². The van der Waals surface area contributed by atoms with E-state index in [-0.39, 0.29) is 24.1 Å². The zero-order chi connectivity index (χ0) is 21.8. The molecule has 1 N–H and O–H groups in total. The van der Waals surface area contributed by atoms with Crippen molar-refractivity contribution in [1.82, 2.24) is 14.5 Å². The number of likely N-dealkylation sites (tertiary alicyclic amines) is 1. The van der Waals surface area contributed by atoms with Crippen molar-refractivity contribution in [3.8, 4) is 11.5 Å². The number of hydrogen-bond acceptors (Lipinski definition) is 6. The smallest absolute Gasteiger partial charge is 0.296 e. The normalized spacial score (nSPS) is 16.0. The van der Waals surface area contributed by atoms with Crippen molar-refractivity contribution in [1.29, 1.82) is 0 Å². The summed E-state index contributed by atoms with van der Waals surface area (Å²) < 4.78 is 6.81. The lowest BCUT2D eigenvalue weighted by atomic mass is 10.0. The number of aryl methyl sites for hydroxylation is 1. The van der Waals surface area contributed by atoms with Gasteiger partial charge in [0.05, 0.1) is 12.6 Å². The van der Waals surface area contributed by atoms with Gasteiger partial charge in [-0.1, -0.05) is 18.2 Å². The maximum absolute atomic E-state index is 12.9. The van der Waals surface area contributed by atoms with Crippen LogP contribution in [-0.2, 0) is 18.3 Å². The van der Waals surface area contributed by atoms with Crippen LogP contribution in [0.4, 0.5) is 0 Å². The average molecular weight is 413 g/mol. The van der Waals surface area contributed by atoms with Crippen molar-refractivity contribution >= 4 is 11.7 Å². The number of rotatable bonds is 7. The van der Waals surface area contributed by atoms with Crippen LogP contribution in [0.2, 0.25) is 0 Å². The second-order valence-corrected chi connectivity index (χ2v) is 7.37. The second kappa shape index (κ2) is 9.11. The van der Waals surface area contributed by atoms with E-state index in [1.807, 2.05) is 31.2 Å². The predicted molar refractivity (Wildman–Crippen MR) is 111 cm³/mol. The van der Waals surface area contributed by atoms with E-state index >= 15 is 0 Å². The van der Waals surface area contributed by atoms with Crippen LogP contribution in [0.25, 0.3) is 0 Å². The minimum absolute atomic E-state index is 0.0678. The van der Waals surface area contributed by atoms with Gasteiger partial charge in [0.2, 0.25) is 11.7 Å². The molecule has 1 fully saturated rings. The number of Topliss-reactive ketones (excluding diaryl/α,β-unsaturated/α-hetero) is 1. The molecule has 0 aliphatic carbocycles. The van der Waals surface area contributed by atoms with Crippen LogP contribution in [-0.4, -0.2) is 44.4 Å². The number of carbonyl (C=O) groups is 2. The number of carbonyl (C=O) groups excluding carboxylic acids is 2. The molecule has 160 valence electrons. The Morgan fingerprint density at radius 3 is 2.73 bits per heavy atom. The van der Waals surface area contributed by atoms with Gasteiger partial charge in [-0.3, -0.25) is 19.0 Å². The number of ketones is 1. The molecule has 3 rings (SSSR count). The Balaban J connectivity index is 1.89. The Labute approximate surface area is 175 Å². The minimum Gasteiger partial charge on any atom is -0.501 e. The molecule has 30 heavy (non-hydrogen) atoms. The topological polar surface area (TPSA) is 102 Å². The lowest BCUT2D eigenvalue weighted by Gasteiger charge is -2.24. The summed E-state index contributed by atoms with van der Waals surface area (Å²) >= 11 is 0. The predicted octanol–water partition coefficient (Wildman–Crippen LogP) is 2.38. The van der Waals surface area contributed by atoms with Gasteiger partial charge in [-0.05, 0) is 37.8 Å². The van der Waals surface area contributed by atoms with Crippen LogP contribution in [0.5, 0.6) is 11.5 Å². The quantitative estimate of drug-likeness (QED) is 0.700. The molecule has 8 heteroatoms. The molecule has 1 aliphatic heterocycles. The molecule has 1 atom stereocenters. The largest absolute Gasteiger partial charge is 0.501 e. The molecular formula is C22H27N3O5. The number of benzene rings is 1. The van der Waals surface area contributed by atoms with Gasteiger partial charge < -0.3 is 14.7 Å². The Bertz CT molecular complexity index is 1010. The number of para-hydroxylation sites is 1. The van der Waals surface area contributed by atoms with Crippen molar-refractivity contribution in [2.45, 2.75) is 45.6 Å². The molecule has 0 bridgehead atoms. The van der Waals surface area contributed by atoms with Crippen molar-refractivity contribution in [3.05, 3.63) is 51.7 Å². The Kier molecular flexibility index (Phi) is 6.54. The molecule has 1 amide bonds. The van der Waals surface area contributed by atoms with E-state index in [4.69, 9.17) is 4.74 Å². The fraction of sp³-hybridized carbons (Fsp3) is 0.455. The molecule has 1 saturated heterocycles. The molecule has 2 aromatic rings. The van der Waals surface area contributed by atoms with Crippen LogP contribution >= 0.6 is 0 Å². The highest BCUT2D eigenvalue weighted by atomic mass is 16.5. The van der Waals surface area contributed by atoms with E-state index in [2.05, 4.69) is 4.98 Å². The lowest BCUT2D eigenvalue weighted by Crippen LogP contribution is -2.34. The molecule has 1 unspecified atom stereocenters. The zero-order valence-electron chi connectivity index (χ0n) is 17.6.